The third-order valence-corrected chi connectivity index (χ3v) is 6.61. The van der Waals surface area contributed by atoms with Gasteiger partial charge in [-0.2, -0.15) is 4.31 Å². The summed E-state index contributed by atoms with van der Waals surface area (Å²) >= 11 is 0. The van der Waals surface area contributed by atoms with Gasteiger partial charge in [0, 0.05) is 12.6 Å². The van der Waals surface area contributed by atoms with Gasteiger partial charge in [-0.1, -0.05) is 6.07 Å². The van der Waals surface area contributed by atoms with Crippen LogP contribution in [0.5, 0.6) is 0 Å². The minimum absolute atomic E-state index is 0.0841. The molecule has 0 amide bonds. The fraction of sp³-hybridized carbons (Fsp3) is 0.600. The highest BCUT2D eigenvalue weighted by Gasteiger charge is 2.46. The lowest BCUT2D eigenvalue weighted by atomic mass is 9.95. The highest BCUT2D eigenvalue weighted by atomic mass is 32.2. The first-order valence-electron chi connectivity index (χ1n) is 7.20. The molecule has 0 saturated carbocycles. The van der Waals surface area contributed by atoms with E-state index in [0.29, 0.717) is 23.3 Å². The fourth-order valence-corrected chi connectivity index (χ4v) is 5.59. The molecule has 2 saturated heterocycles. The van der Waals surface area contributed by atoms with Crippen molar-refractivity contribution in [2.45, 2.75) is 31.7 Å². The van der Waals surface area contributed by atoms with E-state index in [9.17, 15) is 8.42 Å². The molecule has 1 aromatic rings. The van der Waals surface area contributed by atoms with E-state index in [4.69, 9.17) is 0 Å². The summed E-state index contributed by atoms with van der Waals surface area (Å²) in [6.45, 7) is 8.45. The zero-order chi connectivity index (χ0) is 14.5. The van der Waals surface area contributed by atoms with E-state index < -0.39 is 10.0 Å². The van der Waals surface area contributed by atoms with Gasteiger partial charge in [0.25, 0.3) is 0 Å². The Morgan fingerprint density at radius 2 is 1.80 bits per heavy atom. The van der Waals surface area contributed by atoms with Gasteiger partial charge in [-0.25, -0.2) is 8.42 Å². The van der Waals surface area contributed by atoms with Crippen LogP contribution in [0.1, 0.15) is 18.1 Å². The van der Waals surface area contributed by atoms with Crippen LogP contribution in [0, 0.1) is 25.7 Å². The van der Waals surface area contributed by atoms with Gasteiger partial charge in [-0.15, -0.1) is 0 Å². The summed E-state index contributed by atoms with van der Waals surface area (Å²) in [5.74, 6) is 0.918. The molecular formula is C15H22N2O2S. The monoisotopic (exact) mass is 294 g/mol. The topological polar surface area (TPSA) is 49.4 Å². The lowest BCUT2D eigenvalue weighted by molar-refractivity contribution is 0.360. The molecule has 0 bridgehead atoms. The molecule has 0 spiro atoms. The second-order valence-corrected chi connectivity index (χ2v) is 8.11. The Balaban J connectivity index is 1.96. The molecule has 0 radical (unpaired) electrons. The number of benzene rings is 1. The van der Waals surface area contributed by atoms with Crippen molar-refractivity contribution in [3.05, 3.63) is 29.3 Å². The zero-order valence-corrected chi connectivity index (χ0v) is 13.1. The quantitative estimate of drug-likeness (QED) is 0.900. The number of hydrogen-bond acceptors (Lipinski definition) is 3. The Morgan fingerprint density at radius 3 is 2.40 bits per heavy atom. The summed E-state index contributed by atoms with van der Waals surface area (Å²) in [6.07, 6.45) is 0. The second-order valence-electron chi connectivity index (χ2n) is 6.22. The molecule has 110 valence electrons. The lowest BCUT2D eigenvalue weighted by Crippen LogP contribution is -2.38. The first-order chi connectivity index (χ1) is 9.39. The van der Waals surface area contributed by atoms with E-state index in [2.05, 4.69) is 5.32 Å². The van der Waals surface area contributed by atoms with Crippen molar-refractivity contribution < 1.29 is 8.42 Å². The molecule has 5 heteroatoms. The summed E-state index contributed by atoms with van der Waals surface area (Å²) in [5.41, 5.74) is 1.99. The van der Waals surface area contributed by atoms with Crippen molar-refractivity contribution in [3.8, 4) is 0 Å². The van der Waals surface area contributed by atoms with Crippen molar-refractivity contribution >= 4 is 10.0 Å². The van der Waals surface area contributed by atoms with Gasteiger partial charge in [0.15, 0.2) is 0 Å². The van der Waals surface area contributed by atoms with Crippen molar-refractivity contribution in [2.75, 3.05) is 19.6 Å². The number of rotatable bonds is 2. The molecule has 1 aromatic carbocycles. The van der Waals surface area contributed by atoms with Crippen LogP contribution >= 0.6 is 0 Å². The highest BCUT2D eigenvalue weighted by molar-refractivity contribution is 7.89. The van der Waals surface area contributed by atoms with Gasteiger partial charge in [-0.05, 0) is 69.0 Å². The maximum Gasteiger partial charge on any atom is 0.243 e. The highest BCUT2D eigenvalue weighted by Crippen LogP contribution is 2.36. The molecular weight excluding hydrogens is 272 g/mol. The molecule has 0 aromatic heterocycles. The summed E-state index contributed by atoms with van der Waals surface area (Å²) < 4.78 is 27.5. The van der Waals surface area contributed by atoms with Gasteiger partial charge >= 0.3 is 0 Å². The van der Waals surface area contributed by atoms with Gasteiger partial charge in [0.2, 0.25) is 10.0 Å². The maximum atomic E-state index is 12.9. The maximum absolute atomic E-state index is 12.9. The van der Waals surface area contributed by atoms with E-state index in [1.165, 1.54) is 0 Å². The Kier molecular flexibility index (Phi) is 3.39. The largest absolute Gasteiger partial charge is 0.316 e. The van der Waals surface area contributed by atoms with Crippen molar-refractivity contribution in [1.29, 1.82) is 0 Å². The van der Waals surface area contributed by atoms with Crippen LogP contribution in [0.2, 0.25) is 0 Å². The molecule has 3 rings (SSSR count). The van der Waals surface area contributed by atoms with Crippen molar-refractivity contribution in [2.24, 2.45) is 11.8 Å². The minimum atomic E-state index is -3.37. The van der Waals surface area contributed by atoms with Gasteiger partial charge in [0.05, 0.1) is 4.90 Å². The van der Waals surface area contributed by atoms with Crippen LogP contribution < -0.4 is 5.32 Å². The molecule has 0 aliphatic carbocycles. The van der Waals surface area contributed by atoms with E-state index in [1.54, 1.807) is 16.4 Å². The molecule has 20 heavy (non-hydrogen) atoms. The molecule has 3 unspecified atom stereocenters. The zero-order valence-electron chi connectivity index (χ0n) is 12.3. The average molecular weight is 294 g/mol. The number of nitrogens with one attached hydrogen (secondary N) is 1. The summed E-state index contributed by atoms with van der Waals surface area (Å²) in [6, 6.07) is 5.65. The van der Waals surface area contributed by atoms with E-state index in [-0.39, 0.29) is 6.04 Å². The average Bonchev–Trinajstić information content (AvgIpc) is 2.92. The van der Waals surface area contributed by atoms with Crippen LogP contribution in [0.25, 0.3) is 0 Å². The number of nitrogens with zero attached hydrogens (tertiary/aromatic N) is 1. The Bertz CT molecular complexity index is 607. The fourth-order valence-electron chi connectivity index (χ4n) is 3.66. The summed E-state index contributed by atoms with van der Waals surface area (Å²) in [4.78, 5) is 0.440. The smallest absolute Gasteiger partial charge is 0.243 e. The number of aryl methyl sites for hydroxylation is 2. The molecule has 3 atom stereocenters. The molecule has 2 aliphatic rings. The van der Waals surface area contributed by atoms with Gasteiger partial charge < -0.3 is 5.32 Å². The van der Waals surface area contributed by atoms with E-state index >= 15 is 0 Å². The molecule has 4 nitrogen and oxygen atoms in total. The first-order valence-corrected chi connectivity index (χ1v) is 8.64. The summed E-state index contributed by atoms with van der Waals surface area (Å²) in [7, 11) is -3.37. The second kappa shape index (κ2) is 4.83. The van der Waals surface area contributed by atoms with Crippen molar-refractivity contribution in [1.82, 2.24) is 9.62 Å². The SMILES string of the molecule is Cc1cc(C)cc(S(=O)(=O)N2CC3CNCC3C2C)c1. The van der Waals surface area contributed by atoms with E-state index in [0.717, 1.165) is 24.2 Å². The number of sulfonamides is 1. The van der Waals surface area contributed by atoms with Crippen LogP contribution in [0.3, 0.4) is 0 Å². The Hall–Kier alpha value is -0.910. The predicted octanol–water partition coefficient (Wildman–Crippen LogP) is 1.53. The minimum Gasteiger partial charge on any atom is -0.316 e. The van der Waals surface area contributed by atoms with Crippen molar-refractivity contribution in [3.63, 3.8) is 0 Å². The Morgan fingerprint density at radius 1 is 1.15 bits per heavy atom. The molecule has 2 fully saturated rings. The standard InChI is InChI=1S/C15H22N2O2S/c1-10-4-11(2)6-14(5-10)20(18,19)17-9-13-7-16-8-15(13)12(17)3/h4-6,12-13,15-16H,7-9H2,1-3H3. The van der Waals surface area contributed by atoms with Crippen LogP contribution in [0.15, 0.2) is 23.1 Å². The van der Waals surface area contributed by atoms with Gasteiger partial charge in [-0.3, -0.25) is 0 Å². The van der Waals surface area contributed by atoms with Gasteiger partial charge in [0.1, 0.15) is 0 Å². The molecule has 1 N–H and O–H groups in total. The van der Waals surface area contributed by atoms with Crippen LogP contribution in [-0.4, -0.2) is 38.4 Å². The van der Waals surface area contributed by atoms with Crippen LogP contribution in [-0.2, 0) is 10.0 Å². The van der Waals surface area contributed by atoms with E-state index in [1.807, 2.05) is 26.8 Å². The number of fused-ring (bicyclic) bond motifs is 1. The third kappa shape index (κ3) is 2.18. The molecule has 2 aliphatic heterocycles. The lowest BCUT2D eigenvalue weighted by Gasteiger charge is -2.24. The number of hydrogen-bond donors (Lipinski definition) is 1. The first kappa shape index (κ1) is 14.0. The predicted molar refractivity (Wildman–Crippen MR) is 79.1 cm³/mol. The normalized spacial score (nSPS) is 30.6. The van der Waals surface area contributed by atoms with Crippen LogP contribution in [0.4, 0.5) is 0 Å². The summed E-state index contributed by atoms with van der Waals surface area (Å²) in [5, 5.41) is 3.36. The Labute approximate surface area is 121 Å². The third-order valence-electron chi connectivity index (χ3n) is 4.68. The molecule has 2 heterocycles.